The third kappa shape index (κ3) is 3.66. The first-order valence-electron chi connectivity index (χ1n) is 8.89. The van der Waals surface area contributed by atoms with Gasteiger partial charge >= 0.3 is 5.69 Å². The predicted octanol–water partition coefficient (Wildman–Crippen LogP) is 2.64. The van der Waals surface area contributed by atoms with E-state index < -0.39 is 11.2 Å². The van der Waals surface area contributed by atoms with Crippen molar-refractivity contribution >= 4 is 23.1 Å². The van der Waals surface area contributed by atoms with Crippen molar-refractivity contribution in [3.8, 4) is 5.69 Å². The zero-order chi connectivity index (χ0) is 19.7. The highest BCUT2D eigenvalue weighted by molar-refractivity contribution is 6.30. The van der Waals surface area contributed by atoms with Gasteiger partial charge in [-0.1, -0.05) is 11.6 Å². The Bertz CT molecular complexity index is 1050. The Morgan fingerprint density at radius 2 is 1.39 bits per heavy atom. The van der Waals surface area contributed by atoms with Crippen molar-refractivity contribution in [3.05, 3.63) is 86.3 Å². The van der Waals surface area contributed by atoms with E-state index in [1.165, 1.54) is 18.2 Å². The zero-order valence-corrected chi connectivity index (χ0v) is 15.7. The number of H-pyrrole nitrogens is 1. The minimum atomic E-state index is -0.495. The lowest BCUT2D eigenvalue weighted by molar-refractivity contribution is 0.623. The van der Waals surface area contributed by atoms with Crippen LogP contribution in [-0.4, -0.2) is 35.7 Å². The molecule has 0 radical (unpaired) electrons. The number of halogens is 2. The van der Waals surface area contributed by atoms with Crippen molar-refractivity contribution in [1.29, 1.82) is 0 Å². The molecular weight excluding hydrogens is 383 g/mol. The second-order valence-electron chi connectivity index (χ2n) is 6.56. The normalized spacial score (nSPS) is 14.4. The Morgan fingerprint density at radius 3 is 2.00 bits per heavy atom. The number of benzene rings is 2. The van der Waals surface area contributed by atoms with Crippen molar-refractivity contribution in [1.82, 2.24) is 9.55 Å². The first kappa shape index (κ1) is 18.3. The van der Waals surface area contributed by atoms with E-state index in [-0.39, 0.29) is 5.82 Å². The van der Waals surface area contributed by atoms with Gasteiger partial charge in [-0.25, -0.2) is 13.8 Å². The summed E-state index contributed by atoms with van der Waals surface area (Å²) < 4.78 is 14.2. The third-order valence-corrected chi connectivity index (χ3v) is 5.07. The molecule has 8 heteroatoms. The highest BCUT2D eigenvalue weighted by Crippen LogP contribution is 2.19. The minimum Gasteiger partial charge on any atom is -0.368 e. The monoisotopic (exact) mass is 400 g/mol. The van der Waals surface area contributed by atoms with E-state index >= 15 is 0 Å². The minimum absolute atomic E-state index is 0.263. The molecule has 0 bridgehead atoms. The summed E-state index contributed by atoms with van der Waals surface area (Å²) in [5.41, 5.74) is 0.517. The maximum atomic E-state index is 13.1. The van der Waals surface area contributed by atoms with Crippen LogP contribution in [-0.2, 0) is 0 Å². The average Bonchev–Trinajstić information content (AvgIpc) is 2.70. The van der Waals surface area contributed by atoms with Gasteiger partial charge in [0, 0.05) is 43.0 Å². The summed E-state index contributed by atoms with van der Waals surface area (Å²) in [4.78, 5) is 32.0. The lowest BCUT2D eigenvalue weighted by Crippen LogP contribution is -2.48. The summed E-state index contributed by atoms with van der Waals surface area (Å²) in [5, 5.41) is 0.531. The van der Waals surface area contributed by atoms with Crippen LogP contribution in [0, 0.1) is 5.82 Å². The Kier molecular flexibility index (Phi) is 4.92. The number of nitrogens with one attached hydrogen (secondary N) is 1. The van der Waals surface area contributed by atoms with Gasteiger partial charge in [0.25, 0.3) is 5.56 Å². The molecule has 144 valence electrons. The first-order chi connectivity index (χ1) is 13.5. The van der Waals surface area contributed by atoms with Crippen LogP contribution < -0.4 is 21.0 Å². The molecule has 1 saturated heterocycles. The molecule has 28 heavy (non-hydrogen) atoms. The smallest absolute Gasteiger partial charge is 0.334 e. The Hall–Kier alpha value is -3.06. The summed E-state index contributed by atoms with van der Waals surface area (Å²) in [6, 6.07) is 14.3. The Labute approximate surface area is 165 Å². The van der Waals surface area contributed by atoms with Crippen LogP contribution >= 0.6 is 11.6 Å². The van der Waals surface area contributed by atoms with Crippen LogP contribution in [0.1, 0.15) is 0 Å². The van der Waals surface area contributed by atoms with Gasteiger partial charge in [0.1, 0.15) is 11.6 Å². The number of rotatable bonds is 3. The van der Waals surface area contributed by atoms with Crippen LogP contribution in [0.25, 0.3) is 5.69 Å². The van der Waals surface area contributed by atoms with E-state index in [1.54, 1.807) is 36.4 Å². The fourth-order valence-corrected chi connectivity index (χ4v) is 3.47. The van der Waals surface area contributed by atoms with Gasteiger partial charge in [0.15, 0.2) is 0 Å². The largest absolute Gasteiger partial charge is 0.368 e. The van der Waals surface area contributed by atoms with Crippen molar-refractivity contribution in [2.45, 2.75) is 0 Å². The van der Waals surface area contributed by atoms with Crippen LogP contribution in [0.15, 0.2) is 64.2 Å². The second kappa shape index (κ2) is 7.52. The van der Waals surface area contributed by atoms with Gasteiger partial charge in [-0.05, 0) is 48.5 Å². The van der Waals surface area contributed by atoms with E-state index in [0.29, 0.717) is 42.7 Å². The van der Waals surface area contributed by atoms with Crippen LogP contribution in [0.5, 0.6) is 0 Å². The van der Waals surface area contributed by atoms with Gasteiger partial charge < -0.3 is 9.80 Å². The molecule has 2 aromatic carbocycles. The van der Waals surface area contributed by atoms with Gasteiger partial charge in [-0.15, -0.1) is 0 Å². The number of piperazine rings is 1. The highest BCUT2D eigenvalue weighted by atomic mass is 35.5. The molecule has 6 nitrogen and oxygen atoms in total. The van der Waals surface area contributed by atoms with E-state index in [2.05, 4.69) is 9.88 Å². The van der Waals surface area contributed by atoms with Crippen LogP contribution in [0.2, 0.25) is 5.02 Å². The van der Waals surface area contributed by atoms with Crippen molar-refractivity contribution in [2.24, 2.45) is 0 Å². The molecule has 0 aliphatic carbocycles. The molecule has 0 unspecified atom stereocenters. The maximum absolute atomic E-state index is 13.1. The number of anilines is 2. The lowest BCUT2D eigenvalue weighted by Gasteiger charge is -2.36. The van der Waals surface area contributed by atoms with E-state index in [4.69, 9.17) is 11.6 Å². The fourth-order valence-electron chi connectivity index (χ4n) is 3.35. The summed E-state index contributed by atoms with van der Waals surface area (Å²) in [7, 11) is 0. The molecular formula is C20H18ClFN4O2. The molecule has 1 fully saturated rings. The number of aromatic amines is 1. The van der Waals surface area contributed by atoms with Gasteiger partial charge in [-0.2, -0.15) is 0 Å². The molecule has 1 aromatic heterocycles. The third-order valence-electron chi connectivity index (χ3n) is 4.82. The predicted molar refractivity (Wildman–Crippen MR) is 108 cm³/mol. The second-order valence-corrected chi connectivity index (χ2v) is 7.00. The number of nitrogens with zero attached hydrogens (tertiary/aromatic N) is 3. The molecule has 1 aliphatic rings. The number of hydrogen-bond donors (Lipinski definition) is 1. The molecule has 0 spiro atoms. The highest BCUT2D eigenvalue weighted by Gasteiger charge is 2.19. The van der Waals surface area contributed by atoms with Gasteiger partial charge in [0.2, 0.25) is 0 Å². The molecule has 0 amide bonds. The van der Waals surface area contributed by atoms with Gasteiger partial charge in [0.05, 0.1) is 5.69 Å². The van der Waals surface area contributed by atoms with Crippen molar-refractivity contribution in [3.63, 3.8) is 0 Å². The Morgan fingerprint density at radius 1 is 0.821 bits per heavy atom. The van der Waals surface area contributed by atoms with E-state index in [1.807, 2.05) is 4.90 Å². The van der Waals surface area contributed by atoms with Gasteiger partial charge in [-0.3, -0.25) is 9.78 Å². The van der Waals surface area contributed by atoms with E-state index in [9.17, 15) is 14.0 Å². The SMILES string of the molecule is O=c1cc(N2CCN(c3ccc(F)cc3)CC2)[nH]c(=O)n1-c1ccc(Cl)cc1. The average molecular weight is 401 g/mol. The van der Waals surface area contributed by atoms with Crippen LogP contribution in [0.3, 0.4) is 0 Å². The molecule has 4 rings (SSSR count). The van der Waals surface area contributed by atoms with Crippen molar-refractivity contribution in [2.75, 3.05) is 36.0 Å². The molecule has 0 saturated carbocycles. The summed E-state index contributed by atoms with van der Waals surface area (Å²) in [5.74, 6) is 0.236. The summed E-state index contributed by atoms with van der Waals surface area (Å²) >= 11 is 5.87. The summed E-state index contributed by atoms with van der Waals surface area (Å²) in [6.07, 6.45) is 0. The molecule has 1 N–H and O–H groups in total. The lowest BCUT2D eigenvalue weighted by atomic mass is 10.2. The van der Waals surface area contributed by atoms with Crippen molar-refractivity contribution < 1.29 is 4.39 Å². The standard InChI is InChI=1S/C20H18ClFN4O2/c21-14-1-5-17(6-2-14)26-19(27)13-18(23-20(26)28)25-11-9-24(10-12-25)16-7-3-15(22)4-8-16/h1-8,13H,9-12H2,(H,23,28). The maximum Gasteiger partial charge on any atom is 0.334 e. The zero-order valence-electron chi connectivity index (χ0n) is 14.9. The van der Waals surface area contributed by atoms with E-state index in [0.717, 1.165) is 10.3 Å². The Balaban J connectivity index is 1.53. The molecule has 1 aliphatic heterocycles. The number of aromatic nitrogens is 2. The summed E-state index contributed by atoms with van der Waals surface area (Å²) in [6.45, 7) is 2.68. The molecule has 2 heterocycles. The quantitative estimate of drug-likeness (QED) is 0.734. The first-order valence-corrected chi connectivity index (χ1v) is 9.27. The topological polar surface area (TPSA) is 61.3 Å². The molecule has 0 atom stereocenters. The fraction of sp³-hybridized carbons (Fsp3) is 0.200. The molecule has 3 aromatic rings. The van der Waals surface area contributed by atoms with Crippen LogP contribution in [0.4, 0.5) is 15.9 Å². The number of hydrogen-bond acceptors (Lipinski definition) is 4.